The molecule has 0 saturated heterocycles. The van der Waals surface area contributed by atoms with Crippen molar-refractivity contribution < 1.29 is 0 Å². The summed E-state index contributed by atoms with van der Waals surface area (Å²) >= 11 is 0. The molecular formula is C10H17N3. The van der Waals surface area contributed by atoms with Crippen LogP contribution in [0.4, 0.5) is 5.82 Å². The number of hydrogen-bond acceptors (Lipinski definition) is 3. The van der Waals surface area contributed by atoms with Crippen LogP contribution < -0.4 is 5.32 Å². The van der Waals surface area contributed by atoms with Gasteiger partial charge in [0.1, 0.15) is 5.82 Å². The quantitative estimate of drug-likeness (QED) is 0.771. The number of rotatable bonds is 4. The second-order valence-electron chi connectivity index (χ2n) is 3.22. The van der Waals surface area contributed by atoms with Crippen molar-refractivity contribution in [1.29, 1.82) is 0 Å². The molecule has 3 nitrogen and oxygen atoms in total. The zero-order valence-corrected chi connectivity index (χ0v) is 8.54. The summed E-state index contributed by atoms with van der Waals surface area (Å²) in [5.74, 6) is 0.874. The van der Waals surface area contributed by atoms with Crippen LogP contribution in [0.1, 0.15) is 32.4 Å². The van der Waals surface area contributed by atoms with E-state index in [0.29, 0.717) is 6.04 Å². The largest absolute Gasteiger partial charge is 0.366 e. The molecule has 3 heteroatoms. The maximum atomic E-state index is 4.05. The fourth-order valence-electron chi connectivity index (χ4n) is 1.18. The molecule has 1 heterocycles. The maximum absolute atomic E-state index is 4.05. The maximum Gasteiger partial charge on any atom is 0.148 e. The SMILES string of the molecule is CCC(CC)Nc1ccc(C)nn1. The van der Waals surface area contributed by atoms with Gasteiger partial charge in [-0.05, 0) is 31.9 Å². The fourth-order valence-corrected chi connectivity index (χ4v) is 1.18. The van der Waals surface area contributed by atoms with Gasteiger partial charge in [0.25, 0.3) is 0 Å². The van der Waals surface area contributed by atoms with Crippen molar-refractivity contribution in [2.75, 3.05) is 5.32 Å². The van der Waals surface area contributed by atoms with Crippen molar-refractivity contribution in [1.82, 2.24) is 10.2 Å². The normalized spacial score (nSPS) is 10.5. The van der Waals surface area contributed by atoms with Gasteiger partial charge in [-0.25, -0.2) is 0 Å². The fraction of sp³-hybridized carbons (Fsp3) is 0.600. The number of aromatic nitrogens is 2. The van der Waals surface area contributed by atoms with E-state index in [-0.39, 0.29) is 0 Å². The summed E-state index contributed by atoms with van der Waals surface area (Å²) in [6.07, 6.45) is 2.23. The number of aryl methyl sites for hydroxylation is 1. The van der Waals surface area contributed by atoms with Crippen molar-refractivity contribution in [2.45, 2.75) is 39.7 Å². The standard InChI is InChI=1S/C10H17N3/c1-4-9(5-2)11-10-7-6-8(3)12-13-10/h6-7,9H,4-5H2,1-3H3,(H,11,13). The Bertz CT molecular complexity index is 239. The van der Waals surface area contributed by atoms with Gasteiger partial charge in [0.2, 0.25) is 0 Å². The first-order valence-electron chi connectivity index (χ1n) is 4.83. The first-order valence-corrected chi connectivity index (χ1v) is 4.83. The van der Waals surface area contributed by atoms with Crippen molar-refractivity contribution in [2.24, 2.45) is 0 Å². The molecule has 72 valence electrons. The first kappa shape index (κ1) is 9.96. The summed E-state index contributed by atoms with van der Waals surface area (Å²) < 4.78 is 0. The molecule has 0 saturated carbocycles. The molecule has 0 fully saturated rings. The average Bonchev–Trinajstić information content (AvgIpc) is 2.17. The molecule has 0 amide bonds. The minimum atomic E-state index is 0.511. The number of hydrogen-bond donors (Lipinski definition) is 1. The third kappa shape index (κ3) is 3.01. The average molecular weight is 179 g/mol. The van der Waals surface area contributed by atoms with E-state index in [1.807, 2.05) is 19.1 Å². The van der Waals surface area contributed by atoms with E-state index in [2.05, 4.69) is 29.4 Å². The van der Waals surface area contributed by atoms with E-state index in [1.54, 1.807) is 0 Å². The molecule has 0 atom stereocenters. The van der Waals surface area contributed by atoms with Crippen LogP contribution in [0.25, 0.3) is 0 Å². The highest BCUT2D eigenvalue weighted by Crippen LogP contribution is 2.07. The van der Waals surface area contributed by atoms with E-state index in [1.165, 1.54) is 0 Å². The lowest BCUT2D eigenvalue weighted by Gasteiger charge is -2.14. The summed E-state index contributed by atoms with van der Waals surface area (Å²) in [6, 6.07) is 4.45. The topological polar surface area (TPSA) is 37.8 Å². The molecule has 0 aliphatic rings. The Hall–Kier alpha value is -1.12. The highest BCUT2D eigenvalue weighted by Gasteiger charge is 2.03. The monoisotopic (exact) mass is 179 g/mol. The van der Waals surface area contributed by atoms with Crippen molar-refractivity contribution >= 4 is 5.82 Å². The minimum Gasteiger partial charge on any atom is -0.366 e. The predicted molar refractivity (Wildman–Crippen MR) is 54.8 cm³/mol. The van der Waals surface area contributed by atoms with E-state index >= 15 is 0 Å². The van der Waals surface area contributed by atoms with Gasteiger partial charge in [-0.2, -0.15) is 5.10 Å². The third-order valence-corrected chi connectivity index (χ3v) is 2.14. The van der Waals surface area contributed by atoms with Gasteiger partial charge in [-0.15, -0.1) is 5.10 Å². The molecule has 0 spiro atoms. The lowest BCUT2D eigenvalue weighted by atomic mass is 10.2. The van der Waals surface area contributed by atoms with Crippen LogP contribution in [-0.4, -0.2) is 16.2 Å². The van der Waals surface area contributed by atoms with Gasteiger partial charge in [0, 0.05) is 6.04 Å². The molecule has 0 aliphatic carbocycles. The third-order valence-electron chi connectivity index (χ3n) is 2.14. The smallest absolute Gasteiger partial charge is 0.148 e. The molecule has 13 heavy (non-hydrogen) atoms. The zero-order chi connectivity index (χ0) is 9.68. The predicted octanol–water partition coefficient (Wildman–Crippen LogP) is 2.39. The molecular weight excluding hydrogens is 162 g/mol. The summed E-state index contributed by atoms with van der Waals surface area (Å²) in [6.45, 7) is 6.28. The summed E-state index contributed by atoms with van der Waals surface area (Å²) in [5, 5.41) is 11.4. The van der Waals surface area contributed by atoms with E-state index in [0.717, 1.165) is 24.4 Å². The lowest BCUT2D eigenvalue weighted by molar-refractivity contribution is 0.666. The van der Waals surface area contributed by atoms with Gasteiger partial charge < -0.3 is 5.32 Å². The lowest BCUT2D eigenvalue weighted by Crippen LogP contribution is -2.18. The number of nitrogens with zero attached hydrogens (tertiary/aromatic N) is 2. The van der Waals surface area contributed by atoms with Crippen LogP contribution in [0.15, 0.2) is 12.1 Å². The van der Waals surface area contributed by atoms with Crippen LogP contribution >= 0.6 is 0 Å². The highest BCUT2D eigenvalue weighted by molar-refractivity contribution is 5.33. The van der Waals surface area contributed by atoms with Gasteiger partial charge in [0.15, 0.2) is 0 Å². The number of anilines is 1. The summed E-state index contributed by atoms with van der Waals surface area (Å²) in [7, 11) is 0. The molecule has 0 unspecified atom stereocenters. The molecule has 1 rings (SSSR count). The molecule has 0 aliphatic heterocycles. The molecule has 0 bridgehead atoms. The second-order valence-corrected chi connectivity index (χ2v) is 3.22. The van der Waals surface area contributed by atoms with Crippen molar-refractivity contribution in [3.05, 3.63) is 17.8 Å². The van der Waals surface area contributed by atoms with Crippen LogP contribution in [0.2, 0.25) is 0 Å². The molecule has 1 aromatic heterocycles. The van der Waals surface area contributed by atoms with Gasteiger partial charge in [0.05, 0.1) is 5.69 Å². The second kappa shape index (κ2) is 4.80. The van der Waals surface area contributed by atoms with Crippen LogP contribution in [0, 0.1) is 6.92 Å². The summed E-state index contributed by atoms with van der Waals surface area (Å²) in [5.41, 5.74) is 0.954. The van der Waals surface area contributed by atoms with Crippen molar-refractivity contribution in [3.8, 4) is 0 Å². The molecule has 1 N–H and O–H groups in total. The number of nitrogens with one attached hydrogen (secondary N) is 1. The van der Waals surface area contributed by atoms with Gasteiger partial charge in [-0.1, -0.05) is 13.8 Å². The van der Waals surface area contributed by atoms with E-state index < -0.39 is 0 Å². The van der Waals surface area contributed by atoms with Crippen LogP contribution in [0.3, 0.4) is 0 Å². The molecule has 1 aromatic rings. The Morgan fingerprint density at radius 1 is 1.23 bits per heavy atom. The Morgan fingerprint density at radius 2 is 1.92 bits per heavy atom. The van der Waals surface area contributed by atoms with Gasteiger partial charge in [-0.3, -0.25) is 0 Å². The Labute approximate surface area is 79.6 Å². The van der Waals surface area contributed by atoms with Gasteiger partial charge >= 0.3 is 0 Å². The van der Waals surface area contributed by atoms with E-state index in [4.69, 9.17) is 0 Å². The van der Waals surface area contributed by atoms with E-state index in [9.17, 15) is 0 Å². The van der Waals surface area contributed by atoms with Crippen LogP contribution in [-0.2, 0) is 0 Å². The highest BCUT2D eigenvalue weighted by atomic mass is 15.2. The Kier molecular flexibility index (Phi) is 3.68. The first-order chi connectivity index (χ1) is 6.26. The molecule has 0 radical (unpaired) electrons. The minimum absolute atomic E-state index is 0.511. The zero-order valence-electron chi connectivity index (χ0n) is 8.54. The summed E-state index contributed by atoms with van der Waals surface area (Å²) in [4.78, 5) is 0. The molecule has 0 aromatic carbocycles. The Morgan fingerprint density at radius 3 is 2.38 bits per heavy atom. The van der Waals surface area contributed by atoms with Crippen molar-refractivity contribution in [3.63, 3.8) is 0 Å². The van der Waals surface area contributed by atoms with Crippen LogP contribution in [0.5, 0.6) is 0 Å². The Balaban J connectivity index is 2.58.